The molecular weight excluding hydrogens is 312 g/mol. The summed E-state index contributed by atoms with van der Waals surface area (Å²) >= 11 is 0. The Kier molecular flexibility index (Phi) is 4.60. The standard InChI is InChI=1S/C17H18N2O5/c1-21-12-4-5-13(15(8-12)22-2)18-9-17(20)19-11-3-6-14-16(7-11)24-10-23-14/h3-8,18H,9-10H2,1-2H3,(H,19,20). The number of benzene rings is 2. The Labute approximate surface area is 139 Å². The maximum atomic E-state index is 12.1. The SMILES string of the molecule is COc1ccc(NCC(=O)Nc2ccc3c(c2)OCO3)c(OC)c1. The first kappa shape index (κ1) is 15.8. The molecule has 1 amide bonds. The number of nitrogens with one attached hydrogen (secondary N) is 2. The minimum atomic E-state index is -0.188. The molecule has 0 aliphatic carbocycles. The second kappa shape index (κ2) is 6.99. The van der Waals surface area contributed by atoms with E-state index in [-0.39, 0.29) is 19.2 Å². The fourth-order valence-electron chi connectivity index (χ4n) is 2.30. The largest absolute Gasteiger partial charge is 0.497 e. The number of amides is 1. The van der Waals surface area contributed by atoms with Crippen molar-refractivity contribution in [1.29, 1.82) is 0 Å². The van der Waals surface area contributed by atoms with Crippen molar-refractivity contribution in [3.05, 3.63) is 36.4 Å². The molecule has 24 heavy (non-hydrogen) atoms. The van der Waals surface area contributed by atoms with Crippen LogP contribution < -0.4 is 29.6 Å². The van der Waals surface area contributed by atoms with Gasteiger partial charge in [0.1, 0.15) is 11.5 Å². The van der Waals surface area contributed by atoms with Crippen molar-refractivity contribution >= 4 is 17.3 Å². The minimum Gasteiger partial charge on any atom is -0.497 e. The Bertz CT molecular complexity index is 748. The molecule has 2 aromatic rings. The molecule has 0 bridgehead atoms. The quantitative estimate of drug-likeness (QED) is 0.847. The van der Waals surface area contributed by atoms with Crippen LogP contribution in [-0.2, 0) is 4.79 Å². The van der Waals surface area contributed by atoms with E-state index < -0.39 is 0 Å². The second-order valence-corrected chi connectivity index (χ2v) is 5.04. The molecule has 7 heteroatoms. The number of hydrogen-bond acceptors (Lipinski definition) is 6. The monoisotopic (exact) mass is 330 g/mol. The van der Waals surface area contributed by atoms with Crippen molar-refractivity contribution in [3.8, 4) is 23.0 Å². The number of carbonyl (C=O) groups excluding carboxylic acids is 1. The zero-order valence-corrected chi connectivity index (χ0v) is 13.4. The topological polar surface area (TPSA) is 78.1 Å². The smallest absolute Gasteiger partial charge is 0.243 e. The molecule has 1 aliphatic heterocycles. The van der Waals surface area contributed by atoms with Crippen LogP contribution in [0.3, 0.4) is 0 Å². The van der Waals surface area contributed by atoms with E-state index in [0.29, 0.717) is 34.4 Å². The third kappa shape index (κ3) is 3.45. The summed E-state index contributed by atoms with van der Waals surface area (Å²) in [5.41, 5.74) is 1.35. The number of anilines is 2. The van der Waals surface area contributed by atoms with E-state index in [1.165, 1.54) is 0 Å². The lowest BCUT2D eigenvalue weighted by molar-refractivity contribution is -0.114. The number of ether oxygens (including phenoxy) is 4. The van der Waals surface area contributed by atoms with Gasteiger partial charge in [-0.2, -0.15) is 0 Å². The molecule has 0 spiro atoms. The number of rotatable bonds is 6. The van der Waals surface area contributed by atoms with Gasteiger partial charge in [-0.1, -0.05) is 0 Å². The van der Waals surface area contributed by atoms with Gasteiger partial charge in [-0.05, 0) is 24.3 Å². The van der Waals surface area contributed by atoms with Crippen LogP contribution in [0, 0.1) is 0 Å². The van der Waals surface area contributed by atoms with E-state index in [4.69, 9.17) is 18.9 Å². The van der Waals surface area contributed by atoms with Crippen molar-refractivity contribution < 1.29 is 23.7 Å². The van der Waals surface area contributed by atoms with Gasteiger partial charge < -0.3 is 29.6 Å². The zero-order chi connectivity index (χ0) is 16.9. The van der Waals surface area contributed by atoms with E-state index >= 15 is 0 Å². The van der Waals surface area contributed by atoms with Crippen molar-refractivity contribution in [3.63, 3.8) is 0 Å². The highest BCUT2D eigenvalue weighted by atomic mass is 16.7. The van der Waals surface area contributed by atoms with Gasteiger partial charge in [0.15, 0.2) is 11.5 Å². The lowest BCUT2D eigenvalue weighted by atomic mass is 10.2. The fraction of sp³-hybridized carbons (Fsp3) is 0.235. The molecule has 3 rings (SSSR count). The maximum Gasteiger partial charge on any atom is 0.243 e. The molecule has 0 unspecified atom stereocenters. The Balaban J connectivity index is 1.59. The molecule has 126 valence electrons. The molecule has 0 saturated carbocycles. The van der Waals surface area contributed by atoms with Gasteiger partial charge in [0.2, 0.25) is 12.7 Å². The summed E-state index contributed by atoms with van der Waals surface area (Å²) < 4.78 is 20.9. The van der Waals surface area contributed by atoms with E-state index in [0.717, 1.165) is 0 Å². The van der Waals surface area contributed by atoms with Crippen LogP contribution in [0.4, 0.5) is 11.4 Å². The minimum absolute atomic E-state index is 0.0944. The summed E-state index contributed by atoms with van der Waals surface area (Å²) in [5, 5.41) is 5.84. The van der Waals surface area contributed by atoms with Crippen LogP contribution in [0.25, 0.3) is 0 Å². The van der Waals surface area contributed by atoms with Crippen LogP contribution in [0.5, 0.6) is 23.0 Å². The van der Waals surface area contributed by atoms with Crippen molar-refractivity contribution in [2.75, 3.05) is 38.2 Å². The molecule has 1 heterocycles. The molecule has 0 radical (unpaired) electrons. The predicted molar refractivity (Wildman–Crippen MR) is 89.2 cm³/mol. The molecule has 2 N–H and O–H groups in total. The first-order valence-corrected chi connectivity index (χ1v) is 7.35. The van der Waals surface area contributed by atoms with E-state index in [1.54, 1.807) is 50.6 Å². The average Bonchev–Trinajstić information content (AvgIpc) is 3.07. The zero-order valence-electron chi connectivity index (χ0n) is 13.4. The number of carbonyl (C=O) groups is 1. The predicted octanol–water partition coefficient (Wildman–Crippen LogP) is 2.48. The number of hydrogen-bond donors (Lipinski definition) is 2. The lowest BCUT2D eigenvalue weighted by Gasteiger charge is -2.12. The number of methoxy groups -OCH3 is 2. The first-order chi connectivity index (χ1) is 11.7. The molecule has 1 aliphatic rings. The molecule has 2 aromatic carbocycles. The summed E-state index contributed by atoms with van der Waals surface area (Å²) in [4.78, 5) is 12.1. The van der Waals surface area contributed by atoms with Crippen molar-refractivity contribution in [2.45, 2.75) is 0 Å². The van der Waals surface area contributed by atoms with Gasteiger partial charge >= 0.3 is 0 Å². The summed E-state index contributed by atoms with van der Waals surface area (Å²) in [5.74, 6) is 2.39. The normalized spacial score (nSPS) is 11.8. The number of fused-ring (bicyclic) bond motifs is 1. The second-order valence-electron chi connectivity index (χ2n) is 5.04. The molecule has 0 atom stereocenters. The van der Waals surface area contributed by atoms with Crippen molar-refractivity contribution in [1.82, 2.24) is 0 Å². The first-order valence-electron chi connectivity index (χ1n) is 7.35. The Morgan fingerprint density at radius 2 is 1.92 bits per heavy atom. The third-order valence-corrected chi connectivity index (χ3v) is 3.50. The highest BCUT2D eigenvalue weighted by Crippen LogP contribution is 2.34. The van der Waals surface area contributed by atoms with Gasteiger partial charge in [0, 0.05) is 17.8 Å². The summed E-state index contributed by atoms with van der Waals surface area (Å²) in [6.45, 7) is 0.294. The Morgan fingerprint density at radius 3 is 2.71 bits per heavy atom. The summed E-state index contributed by atoms with van der Waals surface area (Å²) in [6.07, 6.45) is 0. The van der Waals surface area contributed by atoms with E-state index in [1.807, 2.05) is 0 Å². The molecule has 0 fully saturated rings. The molecule has 0 saturated heterocycles. The van der Waals surface area contributed by atoms with Crippen molar-refractivity contribution in [2.24, 2.45) is 0 Å². The molecule has 7 nitrogen and oxygen atoms in total. The van der Waals surface area contributed by atoms with E-state index in [2.05, 4.69) is 10.6 Å². The van der Waals surface area contributed by atoms with Gasteiger partial charge in [0.05, 0.1) is 26.5 Å². The Hall–Kier alpha value is -3.09. The fourth-order valence-corrected chi connectivity index (χ4v) is 2.30. The van der Waals surface area contributed by atoms with Crippen LogP contribution in [0.2, 0.25) is 0 Å². The molecular formula is C17H18N2O5. The van der Waals surface area contributed by atoms with Gasteiger partial charge in [0.25, 0.3) is 0 Å². The average molecular weight is 330 g/mol. The third-order valence-electron chi connectivity index (χ3n) is 3.50. The van der Waals surface area contributed by atoms with Crippen LogP contribution in [0.15, 0.2) is 36.4 Å². The lowest BCUT2D eigenvalue weighted by Crippen LogP contribution is -2.21. The summed E-state index contributed by atoms with van der Waals surface area (Å²) in [7, 11) is 3.15. The van der Waals surface area contributed by atoms with Gasteiger partial charge in [-0.25, -0.2) is 0 Å². The maximum absolute atomic E-state index is 12.1. The van der Waals surface area contributed by atoms with Crippen LogP contribution in [0.1, 0.15) is 0 Å². The highest BCUT2D eigenvalue weighted by Gasteiger charge is 2.14. The van der Waals surface area contributed by atoms with Crippen LogP contribution in [-0.4, -0.2) is 33.5 Å². The highest BCUT2D eigenvalue weighted by molar-refractivity contribution is 5.94. The Morgan fingerprint density at radius 1 is 1.08 bits per heavy atom. The van der Waals surface area contributed by atoms with Crippen LogP contribution >= 0.6 is 0 Å². The summed E-state index contributed by atoms with van der Waals surface area (Å²) in [6, 6.07) is 10.6. The van der Waals surface area contributed by atoms with E-state index in [9.17, 15) is 4.79 Å². The molecule has 0 aromatic heterocycles. The van der Waals surface area contributed by atoms with Gasteiger partial charge in [-0.15, -0.1) is 0 Å². The van der Waals surface area contributed by atoms with Gasteiger partial charge in [-0.3, -0.25) is 4.79 Å².